The highest BCUT2D eigenvalue weighted by Crippen LogP contribution is 2.27. The van der Waals surface area contributed by atoms with Gasteiger partial charge in [-0.25, -0.2) is 9.07 Å². The summed E-state index contributed by atoms with van der Waals surface area (Å²) < 4.78 is 30.8. The molecule has 8 heteroatoms. The van der Waals surface area contributed by atoms with Gasteiger partial charge in [0.1, 0.15) is 5.82 Å². The van der Waals surface area contributed by atoms with Gasteiger partial charge in [-0.3, -0.25) is 4.79 Å². The lowest BCUT2D eigenvalue weighted by Gasteiger charge is -2.10. The quantitative estimate of drug-likeness (QED) is 0.582. The summed E-state index contributed by atoms with van der Waals surface area (Å²) in [5, 5.41) is 7.18. The molecule has 1 aromatic heterocycles. The van der Waals surface area contributed by atoms with Gasteiger partial charge in [-0.15, -0.1) is 0 Å². The Labute approximate surface area is 174 Å². The molecule has 0 aliphatic carbocycles. The van der Waals surface area contributed by atoms with Gasteiger partial charge in [0.25, 0.3) is 5.91 Å². The fourth-order valence-corrected chi connectivity index (χ4v) is 2.94. The SMILES string of the molecule is CCOc1cn(-c2ccc(F)cc2)nc1C(=O)NCCc1ccc(OC)c(OC)c1. The molecule has 0 aliphatic heterocycles. The van der Waals surface area contributed by atoms with Crippen molar-refractivity contribution in [2.45, 2.75) is 13.3 Å². The number of methoxy groups -OCH3 is 2. The van der Waals surface area contributed by atoms with Crippen LogP contribution in [0.15, 0.2) is 48.7 Å². The molecule has 2 aromatic carbocycles. The average molecular weight is 413 g/mol. The Morgan fingerprint density at radius 2 is 1.80 bits per heavy atom. The summed E-state index contributed by atoms with van der Waals surface area (Å²) in [4.78, 5) is 12.7. The zero-order chi connectivity index (χ0) is 21.5. The third-order valence-electron chi connectivity index (χ3n) is 4.43. The molecule has 0 unspecified atom stereocenters. The Hall–Kier alpha value is -3.55. The highest BCUT2D eigenvalue weighted by molar-refractivity contribution is 5.95. The van der Waals surface area contributed by atoms with Crippen LogP contribution in [0, 0.1) is 5.82 Å². The monoisotopic (exact) mass is 413 g/mol. The molecule has 0 aliphatic rings. The van der Waals surface area contributed by atoms with E-state index >= 15 is 0 Å². The van der Waals surface area contributed by atoms with Crippen molar-refractivity contribution in [3.05, 3.63) is 65.7 Å². The van der Waals surface area contributed by atoms with E-state index in [9.17, 15) is 9.18 Å². The van der Waals surface area contributed by atoms with E-state index in [0.717, 1.165) is 5.56 Å². The summed E-state index contributed by atoms with van der Waals surface area (Å²) >= 11 is 0. The van der Waals surface area contributed by atoms with Crippen molar-refractivity contribution in [1.82, 2.24) is 15.1 Å². The molecule has 0 bridgehead atoms. The van der Waals surface area contributed by atoms with Gasteiger partial charge in [-0.05, 0) is 55.3 Å². The van der Waals surface area contributed by atoms with Crippen molar-refractivity contribution in [1.29, 1.82) is 0 Å². The molecule has 3 rings (SSSR count). The van der Waals surface area contributed by atoms with Gasteiger partial charge in [0.05, 0.1) is 32.7 Å². The highest BCUT2D eigenvalue weighted by atomic mass is 19.1. The standard InChI is InChI=1S/C22H24FN3O4/c1-4-30-20-14-26(17-8-6-16(23)7-9-17)25-21(20)22(27)24-12-11-15-5-10-18(28-2)19(13-15)29-3/h5-10,13-14H,4,11-12H2,1-3H3,(H,24,27). The first kappa shape index (κ1) is 21.2. The summed E-state index contributed by atoms with van der Waals surface area (Å²) in [6.07, 6.45) is 2.22. The van der Waals surface area contributed by atoms with Crippen LogP contribution >= 0.6 is 0 Å². The molecule has 7 nitrogen and oxygen atoms in total. The smallest absolute Gasteiger partial charge is 0.275 e. The van der Waals surface area contributed by atoms with Gasteiger partial charge < -0.3 is 19.5 Å². The van der Waals surface area contributed by atoms with Crippen LogP contribution in [0.1, 0.15) is 23.0 Å². The van der Waals surface area contributed by atoms with Gasteiger partial charge in [0.2, 0.25) is 0 Å². The van der Waals surface area contributed by atoms with Gasteiger partial charge in [0, 0.05) is 6.54 Å². The van der Waals surface area contributed by atoms with Crippen LogP contribution in [0.2, 0.25) is 0 Å². The lowest BCUT2D eigenvalue weighted by molar-refractivity contribution is 0.0945. The van der Waals surface area contributed by atoms with Crippen molar-refractivity contribution in [2.24, 2.45) is 0 Å². The number of aromatic nitrogens is 2. The zero-order valence-corrected chi connectivity index (χ0v) is 17.1. The number of rotatable bonds is 9. The third kappa shape index (κ3) is 4.89. The van der Waals surface area contributed by atoms with E-state index in [1.807, 2.05) is 25.1 Å². The summed E-state index contributed by atoms with van der Waals surface area (Å²) in [5.74, 6) is 0.963. The molecule has 1 heterocycles. The fourth-order valence-electron chi connectivity index (χ4n) is 2.94. The van der Waals surface area contributed by atoms with E-state index in [4.69, 9.17) is 14.2 Å². The molecule has 0 fully saturated rings. The molecule has 1 amide bonds. The van der Waals surface area contributed by atoms with Crippen LogP contribution < -0.4 is 19.5 Å². The van der Waals surface area contributed by atoms with Crippen molar-refractivity contribution < 1.29 is 23.4 Å². The van der Waals surface area contributed by atoms with E-state index in [1.54, 1.807) is 32.5 Å². The minimum Gasteiger partial charge on any atom is -0.493 e. The Balaban J connectivity index is 1.69. The van der Waals surface area contributed by atoms with Crippen molar-refractivity contribution in [2.75, 3.05) is 27.4 Å². The highest BCUT2D eigenvalue weighted by Gasteiger charge is 2.18. The predicted molar refractivity (Wildman–Crippen MR) is 110 cm³/mol. The molecule has 0 atom stereocenters. The lowest BCUT2D eigenvalue weighted by atomic mass is 10.1. The number of carbonyl (C=O) groups excluding carboxylic acids is 1. The van der Waals surface area contributed by atoms with Crippen molar-refractivity contribution >= 4 is 5.91 Å². The van der Waals surface area contributed by atoms with Crippen LogP contribution in [-0.4, -0.2) is 43.1 Å². The maximum atomic E-state index is 13.2. The first-order chi connectivity index (χ1) is 14.5. The number of halogens is 1. The summed E-state index contributed by atoms with van der Waals surface area (Å²) in [7, 11) is 3.16. The van der Waals surface area contributed by atoms with Crippen molar-refractivity contribution in [3.8, 4) is 22.9 Å². The molecule has 158 valence electrons. The molecule has 30 heavy (non-hydrogen) atoms. The minimum atomic E-state index is -0.347. The topological polar surface area (TPSA) is 74.6 Å². The molecular formula is C22H24FN3O4. The third-order valence-corrected chi connectivity index (χ3v) is 4.43. The molecular weight excluding hydrogens is 389 g/mol. The Bertz CT molecular complexity index is 1000. The predicted octanol–water partition coefficient (Wildman–Crippen LogP) is 3.40. The maximum Gasteiger partial charge on any atom is 0.275 e. The second kappa shape index (κ2) is 9.78. The largest absolute Gasteiger partial charge is 0.493 e. The fraction of sp³-hybridized carbons (Fsp3) is 0.273. The number of carbonyl (C=O) groups is 1. The zero-order valence-electron chi connectivity index (χ0n) is 17.1. The summed E-state index contributed by atoms with van der Waals surface area (Å²) in [6, 6.07) is 11.4. The number of amides is 1. The van der Waals surface area contributed by atoms with Crippen LogP contribution in [0.5, 0.6) is 17.2 Å². The van der Waals surface area contributed by atoms with Crippen molar-refractivity contribution in [3.63, 3.8) is 0 Å². The molecule has 0 spiro atoms. The van der Waals surface area contributed by atoms with E-state index in [1.165, 1.54) is 16.8 Å². The second-order valence-corrected chi connectivity index (χ2v) is 6.39. The molecule has 0 saturated carbocycles. The molecule has 0 radical (unpaired) electrons. The molecule has 3 aromatic rings. The summed E-state index contributed by atoms with van der Waals surface area (Å²) in [6.45, 7) is 2.62. The van der Waals surface area contributed by atoms with Gasteiger partial charge >= 0.3 is 0 Å². The van der Waals surface area contributed by atoms with E-state index in [2.05, 4.69) is 10.4 Å². The van der Waals surface area contributed by atoms with Gasteiger partial charge in [-0.1, -0.05) is 6.07 Å². The van der Waals surface area contributed by atoms with E-state index < -0.39 is 0 Å². The Morgan fingerprint density at radius 1 is 1.07 bits per heavy atom. The minimum absolute atomic E-state index is 0.175. The number of benzene rings is 2. The average Bonchev–Trinajstić information content (AvgIpc) is 3.18. The van der Waals surface area contributed by atoms with E-state index in [-0.39, 0.29) is 17.4 Å². The summed E-state index contributed by atoms with van der Waals surface area (Å²) in [5.41, 5.74) is 1.80. The first-order valence-corrected chi connectivity index (χ1v) is 9.53. The molecule has 0 saturated heterocycles. The Kier molecular flexibility index (Phi) is 6.90. The van der Waals surface area contributed by atoms with E-state index in [0.29, 0.717) is 42.5 Å². The Morgan fingerprint density at radius 3 is 2.47 bits per heavy atom. The number of ether oxygens (including phenoxy) is 3. The normalized spacial score (nSPS) is 10.5. The van der Waals surface area contributed by atoms with Crippen LogP contribution in [0.4, 0.5) is 4.39 Å². The first-order valence-electron chi connectivity index (χ1n) is 9.53. The van der Waals surface area contributed by atoms with Gasteiger partial charge in [0.15, 0.2) is 22.9 Å². The number of hydrogen-bond donors (Lipinski definition) is 1. The maximum absolute atomic E-state index is 13.2. The number of nitrogens with zero attached hydrogens (tertiary/aromatic N) is 2. The van der Waals surface area contributed by atoms with Gasteiger partial charge in [-0.2, -0.15) is 5.10 Å². The van der Waals surface area contributed by atoms with Crippen LogP contribution in [0.3, 0.4) is 0 Å². The number of hydrogen-bond acceptors (Lipinski definition) is 5. The molecule has 1 N–H and O–H groups in total. The second-order valence-electron chi connectivity index (χ2n) is 6.39. The van der Waals surface area contributed by atoms with Crippen LogP contribution in [-0.2, 0) is 6.42 Å². The number of nitrogens with one attached hydrogen (secondary N) is 1. The lowest BCUT2D eigenvalue weighted by Crippen LogP contribution is -2.26. The van der Waals surface area contributed by atoms with Crippen LogP contribution in [0.25, 0.3) is 5.69 Å².